The molecule has 0 heterocycles. The molecule has 1 aliphatic rings. The van der Waals surface area contributed by atoms with Gasteiger partial charge in [-0.25, -0.2) is 0 Å². The van der Waals surface area contributed by atoms with Crippen LogP contribution in [-0.4, -0.2) is 17.5 Å². The minimum Gasteiger partial charge on any atom is -0.350 e. The Morgan fingerprint density at radius 1 is 0.909 bits per heavy atom. The molecule has 0 spiro atoms. The highest BCUT2D eigenvalue weighted by atomic mass is 16.1. The Kier molecular flexibility index (Phi) is 3.37. The maximum Gasteiger partial charge on any atom is 0.217 e. The number of ketones is 2. The molecule has 1 amide bonds. The molecule has 0 bridgehead atoms. The smallest absolute Gasteiger partial charge is 0.217 e. The van der Waals surface area contributed by atoms with Crippen LogP contribution in [0.4, 0.5) is 0 Å². The van der Waals surface area contributed by atoms with Gasteiger partial charge in [-0.2, -0.15) is 0 Å². The predicted octanol–water partition coefficient (Wildman–Crippen LogP) is 2.66. The maximum atomic E-state index is 12.6. The second kappa shape index (κ2) is 5.22. The summed E-state index contributed by atoms with van der Waals surface area (Å²) in [5.74, 6) is -0.427. The molecule has 4 heteroatoms. The Labute approximate surface area is 128 Å². The standard InChI is InChI=1S/C18H15NO3/c1-10(19-11(2)20)12-7-8-15-16(9-12)18(22)14-6-4-3-5-13(14)17(15)21/h3-10H,1-2H3,(H,19,20). The summed E-state index contributed by atoms with van der Waals surface area (Å²) in [6.07, 6.45) is 0. The highest BCUT2D eigenvalue weighted by Crippen LogP contribution is 2.29. The number of nitrogens with one attached hydrogen (secondary N) is 1. The van der Waals surface area contributed by atoms with E-state index in [1.165, 1.54) is 6.92 Å². The first-order valence-electron chi connectivity index (χ1n) is 7.08. The summed E-state index contributed by atoms with van der Waals surface area (Å²) in [5.41, 5.74) is 2.50. The SMILES string of the molecule is CC(=O)NC(C)c1ccc2c(c1)C(=O)c1ccccc1C2=O. The largest absolute Gasteiger partial charge is 0.350 e. The summed E-state index contributed by atoms with van der Waals surface area (Å²) in [6.45, 7) is 3.28. The topological polar surface area (TPSA) is 63.2 Å². The first kappa shape index (κ1) is 14.2. The van der Waals surface area contributed by atoms with Gasteiger partial charge in [0.2, 0.25) is 5.91 Å². The molecule has 1 atom stereocenters. The molecule has 22 heavy (non-hydrogen) atoms. The third-order valence-corrected chi connectivity index (χ3v) is 3.87. The zero-order valence-corrected chi connectivity index (χ0v) is 12.3. The van der Waals surface area contributed by atoms with E-state index in [0.717, 1.165) is 5.56 Å². The summed E-state index contributed by atoms with van der Waals surface area (Å²) < 4.78 is 0. The van der Waals surface area contributed by atoms with E-state index in [9.17, 15) is 14.4 Å². The van der Waals surface area contributed by atoms with E-state index in [1.807, 2.05) is 6.92 Å². The average Bonchev–Trinajstić information content (AvgIpc) is 2.51. The molecule has 1 unspecified atom stereocenters. The Morgan fingerprint density at radius 3 is 2.05 bits per heavy atom. The van der Waals surface area contributed by atoms with Crippen LogP contribution < -0.4 is 5.32 Å². The number of carbonyl (C=O) groups is 3. The second-order valence-corrected chi connectivity index (χ2v) is 5.43. The third kappa shape index (κ3) is 2.22. The summed E-state index contributed by atoms with van der Waals surface area (Å²) in [7, 11) is 0. The van der Waals surface area contributed by atoms with Crippen LogP contribution >= 0.6 is 0 Å². The summed E-state index contributed by atoms with van der Waals surface area (Å²) in [6, 6.07) is 11.8. The lowest BCUT2D eigenvalue weighted by molar-refractivity contribution is -0.119. The number of benzene rings is 2. The Hall–Kier alpha value is -2.75. The molecule has 1 aliphatic carbocycles. The predicted molar refractivity (Wildman–Crippen MR) is 82.0 cm³/mol. The summed E-state index contributed by atoms with van der Waals surface area (Å²) in [4.78, 5) is 36.3. The fraction of sp³-hybridized carbons (Fsp3) is 0.167. The van der Waals surface area contributed by atoms with Crippen LogP contribution in [0, 0.1) is 0 Å². The monoisotopic (exact) mass is 293 g/mol. The first-order chi connectivity index (χ1) is 10.5. The van der Waals surface area contributed by atoms with Gasteiger partial charge in [-0.15, -0.1) is 0 Å². The molecule has 2 aromatic carbocycles. The van der Waals surface area contributed by atoms with Crippen LogP contribution in [0.3, 0.4) is 0 Å². The van der Waals surface area contributed by atoms with E-state index in [0.29, 0.717) is 22.3 Å². The first-order valence-corrected chi connectivity index (χ1v) is 7.08. The number of carbonyl (C=O) groups excluding carboxylic acids is 3. The highest BCUT2D eigenvalue weighted by Gasteiger charge is 2.29. The van der Waals surface area contributed by atoms with Crippen LogP contribution in [0.1, 0.15) is 57.3 Å². The van der Waals surface area contributed by atoms with Crippen molar-refractivity contribution in [3.8, 4) is 0 Å². The van der Waals surface area contributed by atoms with Crippen molar-refractivity contribution in [2.24, 2.45) is 0 Å². The van der Waals surface area contributed by atoms with Gasteiger partial charge in [0.1, 0.15) is 0 Å². The van der Waals surface area contributed by atoms with Gasteiger partial charge in [0.25, 0.3) is 0 Å². The second-order valence-electron chi connectivity index (χ2n) is 5.43. The normalized spacial score (nSPS) is 14.1. The molecule has 1 N–H and O–H groups in total. The number of fused-ring (bicyclic) bond motifs is 2. The Morgan fingerprint density at radius 2 is 1.45 bits per heavy atom. The zero-order chi connectivity index (χ0) is 15.9. The van der Waals surface area contributed by atoms with Gasteiger partial charge in [0.15, 0.2) is 11.6 Å². The van der Waals surface area contributed by atoms with Crippen LogP contribution in [0.25, 0.3) is 0 Å². The minimum absolute atomic E-state index is 0.135. The van der Waals surface area contributed by atoms with E-state index in [2.05, 4.69) is 5.32 Å². The van der Waals surface area contributed by atoms with Gasteiger partial charge in [-0.3, -0.25) is 14.4 Å². The van der Waals surface area contributed by atoms with Crippen molar-refractivity contribution in [1.82, 2.24) is 5.32 Å². The van der Waals surface area contributed by atoms with Crippen molar-refractivity contribution in [2.45, 2.75) is 19.9 Å². The fourth-order valence-electron chi connectivity index (χ4n) is 2.77. The number of amides is 1. The molecule has 0 aliphatic heterocycles. The molecule has 0 radical (unpaired) electrons. The van der Waals surface area contributed by atoms with Gasteiger partial charge >= 0.3 is 0 Å². The Balaban J connectivity index is 2.08. The van der Waals surface area contributed by atoms with E-state index in [-0.39, 0.29) is 23.5 Å². The molecular weight excluding hydrogens is 278 g/mol. The van der Waals surface area contributed by atoms with Crippen LogP contribution in [-0.2, 0) is 4.79 Å². The van der Waals surface area contributed by atoms with Crippen LogP contribution in [0.5, 0.6) is 0 Å². The van der Waals surface area contributed by atoms with Crippen molar-refractivity contribution in [2.75, 3.05) is 0 Å². The molecule has 0 saturated heterocycles. The molecule has 110 valence electrons. The van der Waals surface area contributed by atoms with Crippen LogP contribution in [0.2, 0.25) is 0 Å². The molecule has 0 aromatic heterocycles. The van der Waals surface area contributed by atoms with Crippen molar-refractivity contribution in [1.29, 1.82) is 0 Å². The van der Waals surface area contributed by atoms with Crippen molar-refractivity contribution < 1.29 is 14.4 Å². The highest BCUT2D eigenvalue weighted by molar-refractivity contribution is 6.28. The molecule has 0 fully saturated rings. The summed E-state index contributed by atoms with van der Waals surface area (Å²) >= 11 is 0. The van der Waals surface area contributed by atoms with Crippen LogP contribution in [0.15, 0.2) is 42.5 Å². The minimum atomic E-state index is -0.220. The number of hydrogen-bond acceptors (Lipinski definition) is 3. The van der Waals surface area contributed by atoms with E-state index in [4.69, 9.17) is 0 Å². The van der Waals surface area contributed by atoms with Gasteiger partial charge in [0.05, 0.1) is 6.04 Å². The van der Waals surface area contributed by atoms with Crippen molar-refractivity contribution >= 4 is 17.5 Å². The maximum absolute atomic E-state index is 12.6. The molecule has 4 nitrogen and oxygen atoms in total. The van der Waals surface area contributed by atoms with Gasteiger partial charge in [-0.1, -0.05) is 30.3 Å². The Bertz CT molecular complexity index is 808. The fourth-order valence-corrected chi connectivity index (χ4v) is 2.77. The third-order valence-electron chi connectivity index (χ3n) is 3.87. The van der Waals surface area contributed by atoms with E-state index in [1.54, 1.807) is 42.5 Å². The van der Waals surface area contributed by atoms with Gasteiger partial charge in [-0.05, 0) is 24.6 Å². The van der Waals surface area contributed by atoms with Gasteiger partial charge in [0, 0.05) is 29.2 Å². The average molecular weight is 293 g/mol. The van der Waals surface area contributed by atoms with E-state index >= 15 is 0 Å². The summed E-state index contributed by atoms with van der Waals surface area (Å²) in [5, 5.41) is 2.78. The quantitative estimate of drug-likeness (QED) is 0.790. The van der Waals surface area contributed by atoms with Crippen molar-refractivity contribution in [3.05, 3.63) is 70.3 Å². The number of rotatable bonds is 2. The lowest BCUT2D eigenvalue weighted by atomic mass is 9.83. The van der Waals surface area contributed by atoms with Gasteiger partial charge < -0.3 is 5.32 Å². The number of hydrogen-bond donors (Lipinski definition) is 1. The zero-order valence-electron chi connectivity index (χ0n) is 12.3. The molecular formula is C18H15NO3. The molecule has 3 rings (SSSR count). The van der Waals surface area contributed by atoms with E-state index < -0.39 is 0 Å². The lowest BCUT2D eigenvalue weighted by Gasteiger charge is -2.20. The van der Waals surface area contributed by atoms with Crippen molar-refractivity contribution in [3.63, 3.8) is 0 Å². The molecule has 0 saturated carbocycles. The lowest BCUT2D eigenvalue weighted by Crippen LogP contribution is -2.25. The molecule has 2 aromatic rings.